The van der Waals surface area contributed by atoms with E-state index in [0.29, 0.717) is 0 Å². The van der Waals surface area contributed by atoms with E-state index in [1.54, 1.807) is 25.4 Å². The number of carbonyl (C=O) groups is 1. The average Bonchev–Trinajstić information content (AvgIpc) is 3.12. The normalized spacial score (nSPS) is 16.4. The van der Waals surface area contributed by atoms with Gasteiger partial charge in [-0.05, 0) is 60.7 Å². The summed E-state index contributed by atoms with van der Waals surface area (Å²) in [6, 6.07) is 10.7. The van der Waals surface area contributed by atoms with Gasteiger partial charge in [-0.15, -0.1) is 11.3 Å². The van der Waals surface area contributed by atoms with Gasteiger partial charge in [-0.25, -0.2) is 0 Å². The predicted molar refractivity (Wildman–Crippen MR) is 93.9 cm³/mol. The molecule has 2 atom stereocenters. The first-order valence-electron chi connectivity index (χ1n) is 8.17. The van der Waals surface area contributed by atoms with E-state index in [2.05, 4.69) is 29.6 Å². The Labute approximate surface area is 141 Å². The Bertz CT molecular complexity index is 666. The monoisotopic (exact) mass is 329 g/mol. The third-order valence-corrected chi connectivity index (χ3v) is 5.48. The van der Waals surface area contributed by atoms with Crippen molar-refractivity contribution >= 4 is 17.2 Å². The molecular weight excluding hydrogens is 306 g/mol. The number of hydrogen-bond donors (Lipinski definition) is 1. The predicted octanol–water partition coefficient (Wildman–Crippen LogP) is 3.87. The first-order valence-corrected chi connectivity index (χ1v) is 9.05. The van der Waals surface area contributed by atoms with Gasteiger partial charge in [-0.3, -0.25) is 4.79 Å². The largest absolute Gasteiger partial charge is 0.372 e. The summed E-state index contributed by atoms with van der Waals surface area (Å²) in [6.45, 7) is 1.77. The van der Waals surface area contributed by atoms with Gasteiger partial charge in [0.05, 0.1) is 6.04 Å². The summed E-state index contributed by atoms with van der Waals surface area (Å²) in [7, 11) is 1.56. The Balaban J connectivity index is 1.91. The van der Waals surface area contributed by atoms with Crippen LogP contribution in [-0.2, 0) is 22.4 Å². The minimum atomic E-state index is -0.449. The summed E-state index contributed by atoms with van der Waals surface area (Å²) < 4.78 is 5.15. The summed E-state index contributed by atoms with van der Waals surface area (Å²) in [5.41, 5.74) is 4.05. The van der Waals surface area contributed by atoms with E-state index in [1.165, 1.54) is 30.4 Å². The lowest BCUT2D eigenvalue weighted by molar-refractivity contribution is -0.130. The van der Waals surface area contributed by atoms with Crippen molar-refractivity contribution in [2.45, 2.75) is 44.8 Å². The number of aryl methyl sites for hydroxylation is 2. The molecule has 1 aliphatic carbocycles. The third kappa shape index (κ3) is 3.65. The Morgan fingerprint density at radius 3 is 2.70 bits per heavy atom. The molecule has 122 valence electrons. The minimum Gasteiger partial charge on any atom is -0.372 e. The highest BCUT2D eigenvalue weighted by atomic mass is 32.1. The molecule has 0 spiro atoms. The number of carbonyl (C=O) groups excluding carboxylic acids is 1. The number of thiophene rings is 1. The maximum atomic E-state index is 12.3. The van der Waals surface area contributed by atoms with Crippen molar-refractivity contribution in [3.63, 3.8) is 0 Å². The number of fused-ring (bicyclic) bond motifs is 1. The molecule has 1 N–H and O–H groups in total. The molecule has 1 amide bonds. The molecule has 1 aliphatic rings. The summed E-state index contributed by atoms with van der Waals surface area (Å²) >= 11 is 1.67. The molecule has 2 aromatic rings. The Morgan fingerprint density at radius 2 is 2.00 bits per heavy atom. The van der Waals surface area contributed by atoms with Gasteiger partial charge in [0.2, 0.25) is 5.91 Å². The zero-order valence-corrected chi connectivity index (χ0v) is 14.5. The summed E-state index contributed by atoms with van der Waals surface area (Å²) in [5, 5.41) is 5.19. The van der Waals surface area contributed by atoms with E-state index < -0.39 is 6.10 Å². The van der Waals surface area contributed by atoms with E-state index >= 15 is 0 Å². The van der Waals surface area contributed by atoms with Crippen LogP contribution in [0.4, 0.5) is 0 Å². The molecule has 0 aliphatic heterocycles. The summed E-state index contributed by atoms with van der Waals surface area (Å²) in [6.07, 6.45) is 4.40. The molecule has 0 unspecified atom stereocenters. The van der Waals surface area contributed by atoms with Crippen LogP contribution in [0.3, 0.4) is 0 Å². The molecule has 1 aromatic heterocycles. The van der Waals surface area contributed by atoms with Crippen LogP contribution in [0.1, 0.15) is 47.4 Å². The topological polar surface area (TPSA) is 38.3 Å². The van der Waals surface area contributed by atoms with E-state index in [4.69, 9.17) is 4.74 Å². The van der Waals surface area contributed by atoms with Crippen molar-refractivity contribution in [2.75, 3.05) is 7.11 Å². The fraction of sp³-hybridized carbons (Fsp3) is 0.421. The molecular formula is C19H23NO2S. The number of methoxy groups -OCH3 is 1. The fourth-order valence-electron chi connectivity index (χ4n) is 3.07. The number of rotatable bonds is 5. The number of ether oxygens (including phenoxy) is 1. The molecule has 0 saturated heterocycles. The molecule has 3 rings (SSSR count). The van der Waals surface area contributed by atoms with Crippen LogP contribution in [0.25, 0.3) is 0 Å². The van der Waals surface area contributed by atoms with Crippen LogP contribution in [0.15, 0.2) is 35.7 Å². The second-order valence-corrected chi connectivity index (χ2v) is 7.05. The average molecular weight is 329 g/mol. The van der Waals surface area contributed by atoms with Crippen LogP contribution < -0.4 is 5.32 Å². The lowest BCUT2D eigenvalue weighted by Gasteiger charge is -2.23. The van der Waals surface area contributed by atoms with Gasteiger partial charge in [0.15, 0.2) is 0 Å². The molecule has 23 heavy (non-hydrogen) atoms. The van der Waals surface area contributed by atoms with Crippen molar-refractivity contribution in [3.05, 3.63) is 57.3 Å². The summed E-state index contributed by atoms with van der Waals surface area (Å²) in [5.74, 6) is -0.0800. The Kier molecular flexibility index (Phi) is 5.13. The molecule has 0 fully saturated rings. The number of benzene rings is 1. The Morgan fingerprint density at radius 1 is 1.22 bits per heavy atom. The van der Waals surface area contributed by atoms with Crippen molar-refractivity contribution in [1.82, 2.24) is 5.32 Å². The van der Waals surface area contributed by atoms with Gasteiger partial charge in [0, 0.05) is 12.0 Å². The second-order valence-electron chi connectivity index (χ2n) is 6.07. The van der Waals surface area contributed by atoms with Crippen LogP contribution in [0, 0.1) is 0 Å². The number of nitrogens with one attached hydrogen (secondary N) is 1. The molecule has 0 radical (unpaired) electrons. The molecule has 1 aromatic carbocycles. The molecule has 3 nitrogen and oxygen atoms in total. The van der Waals surface area contributed by atoms with Crippen LogP contribution in [-0.4, -0.2) is 19.1 Å². The van der Waals surface area contributed by atoms with Crippen LogP contribution in [0.2, 0.25) is 0 Å². The molecule has 0 saturated carbocycles. The van der Waals surface area contributed by atoms with Crippen molar-refractivity contribution in [3.8, 4) is 0 Å². The van der Waals surface area contributed by atoms with Crippen LogP contribution >= 0.6 is 11.3 Å². The quantitative estimate of drug-likeness (QED) is 0.904. The highest BCUT2D eigenvalue weighted by molar-refractivity contribution is 7.10. The van der Waals surface area contributed by atoms with Crippen molar-refractivity contribution in [2.24, 2.45) is 0 Å². The smallest absolute Gasteiger partial charge is 0.249 e. The SMILES string of the molecule is CO[C@H](C)C(=O)N[C@@H](c1ccc2c(c1)CCCC2)c1cccs1. The van der Waals surface area contributed by atoms with E-state index in [-0.39, 0.29) is 11.9 Å². The molecule has 0 bridgehead atoms. The van der Waals surface area contributed by atoms with E-state index in [0.717, 1.165) is 16.9 Å². The highest BCUT2D eigenvalue weighted by Gasteiger charge is 2.22. The van der Waals surface area contributed by atoms with Crippen LogP contribution in [0.5, 0.6) is 0 Å². The van der Waals surface area contributed by atoms with E-state index in [1.807, 2.05) is 11.4 Å². The zero-order chi connectivity index (χ0) is 16.2. The van der Waals surface area contributed by atoms with Gasteiger partial charge in [0.25, 0.3) is 0 Å². The van der Waals surface area contributed by atoms with Gasteiger partial charge >= 0.3 is 0 Å². The number of amides is 1. The van der Waals surface area contributed by atoms with Gasteiger partial charge in [-0.2, -0.15) is 0 Å². The number of hydrogen-bond acceptors (Lipinski definition) is 3. The zero-order valence-electron chi connectivity index (χ0n) is 13.7. The first-order chi connectivity index (χ1) is 11.2. The first kappa shape index (κ1) is 16.2. The van der Waals surface area contributed by atoms with Gasteiger partial charge < -0.3 is 10.1 Å². The molecule has 4 heteroatoms. The van der Waals surface area contributed by atoms with Crippen molar-refractivity contribution < 1.29 is 9.53 Å². The van der Waals surface area contributed by atoms with E-state index in [9.17, 15) is 4.79 Å². The highest BCUT2D eigenvalue weighted by Crippen LogP contribution is 2.30. The van der Waals surface area contributed by atoms with Crippen molar-refractivity contribution in [1.29, 1.82) is 0 Å². The van der Waals surface area contributed by atoms with Gasteiger partial charge in [-0.1, -0.05) is 24.3 Å². The summed E-state index contributed by atoms with van der Waals surface area (Å²) in [4.78, 5) is 13.5. The Hall–Kier alpha value is -1.65. The second kappa shape index (κ2) is 7.28. The fourth-order valence-corrected chi connectivity index (χ4v) is 3.88. The lowest BCUT2D eigenvalue weighted by atomic mass is 9.89. The maximum Gasteiger partial charge on any atom is 0.249 e. The third-order valence-electron chi connectivity index (χ3n) is 4.54. The lowest BCUT2D eigenvalue weighted by Crippen LogP contribution is -2.36. The standard InChI is InChI=1S/C19H23NO2S/c1-13(22-2)19(21)20-18(17-8-5-11-23-17)16-10-9-14-6-3-4-7-15(14)12-16/h5,8-13,18H,3-4,6-7H2,1-2H3,(H,20,21)/t13-,18+/m1/s1. The maximum absolute atomic E-state index is 12.3. The molecule has 1 heterocycles. The van der Waals surface area contributed by atoms with Gasteiger partial charge in [0.1, 0.15) is 6.10 Å². The minimum absolute atomic E-state index is 0.0800.